The number of rotatable bonds is 4. The molecule has 0 heterocycles. The molecule has 13 heavy (non-hydrogen) atoms. The third-order valence-electron chi connectivity index (χ3n) is 0.471. The predicted octanol–water partition coefficient (Wildman–Crippen LogP) is 1.09. The second-order valence-electron chi connectivity index (χ2n) is 1.11. The molecular formula is C9H10MoO3. The van der Waals surface area contributed by atoms with Gasteiger partial charge in [0.1, 0.15) is 0 Å². The maximum absolute atomic E-state index is 7.50. The molecule has 70 valence electrons. The third-order valence-corrected chi connectivity index (χ3v) is 2.79. The van der Waals surface area contributed by atoms with Crippen LogP contribution >= 0.6 is 0 Å². The standard InChI is InChI=1S/2C3H5.3CO.Mo/c2*1-3-2;3*1-2;/h2*3H,1-2H2;;;;. The Morgan fingerprint density at radius 3 is 1.23 bits per heavy atom. The van der Waals surface area contributed by atoms with Crippen molar-refractivity contribution in [3.8, 4) is 0 Å². The van der Waals surface area contributed by atoms with E-state index in [0.717, 1.165) is 0 Å². The summed E-state index contributed by atoms with van der Waals surface area (Å²) in [5, 5.41) is 0. The number of hydrogen-bond donors (Lipinski definition) is 0. The zero-order valence-corrected chi connectivity index (χ0v) is 9.12. The fraction of sp³-hybridized carbons (Fsp3) is 0.222. The van der Waals surface area contributed by atoms with Crippen LogP contribution in [0.1, 0.15) is 0 Å². The summed E-state index contributed by atoms with van der Waals surface area (Å²) in [4.78, 5) is 25.0. The average molecular weight is 262 g/mol. The summed E-state index contributed by atoms with van der Waals surface area (Å²) in [5.74, 6) is 0. The molecule has 6 radical (unpaired) electrons. The predicted molar refractivity (Wildman–Crippen MR) is 47.1 cm³/mol. The fourth-order valence-corrected chi connectivity index (χ4v) is 1.39. The molecule has 0 saturated carbocycles. The number of hydrogen-bond acceptors (Lipinski definition) is 3. The average Bonchev–Trinajstić information content (AvgIpc) is 2.27. The van der Waals surface area contributed by atoms with E-state index in [2.05, 4.69) is 33.5 Å². The second-order valence-corrected chi connectivity index (χ2v) is 3.76. The van der Waals surface area contributed by atoms with Gasteiger partial charge in [-0.1, -0.05) is 0 Å². The minimum absolute atomic E-state index is 0.241. The first kappa shape index (κ1) is 22.8. The van der Waals surface area contributed by atoms with E-state index < -0.39 is 0 Å². The smallest absolute Gasteiger partial charge is 0.281 e. The van der Waals surface area contributed by atoms with E-state index in [1.54, 1.807) is 0 Å². The van der Waals surface area contributed by atoms with Gasteiger partial charge in [0, 0.05) is 0 Å². The van der Waals surface area contributed by atoms with Gasteiger partial charge in [-0.05, 0) is 0 Å². The van der Waals surface area contributed by atoms with E-state index >= 15 is 0 Å². The molecule has 4 heteroatoms. The minimum atomic E-state index is 0.241. The van der Waals surface area contributed by atoms with E-state index in [1.807, 2.05) is 12.2 Å². The molecule has 0 unspecified atom stereocenters. The van der Waals surface area contributed by atoms with Crippen molar-refractivity contribution in [1.29, 1.82) is 0 Å². The van der Waals surface area contributed by atoms with Crippen molar-refractivity contribution in [3.05, 3.63) is 25.3 Å². The van der Waals surface area contributed by atoms with Crippen LogP contribution in [0.3, 0.4) is 0 Å². The van der Waals surface area contributed by atoms with Crippen LogP contribution < -0.4 is 0 Å². The Bertz CT molecular complexity index is 84.1. The summed E-state index contributed by atoms with van der Waals surface area (Å²) in [6.07, 6.45) is 3.98. The molecule has 0 atom stereocenters. The Labute approximate surface area is 88.4 Å². The molecule has 0 aromatic carbocycles. The van der Waals surface area contributed by atoms with Crippen LogP contribution in [0.4, 0.5) is 0 Å². The molecule has 0 rings (SSSR count). The molecular weight excluding hydrogens is 252 g/mol. The molecule has 0 spiro atoms. The van der Waals surface area contributed by atoms with Crippen LogP contribution in [0.2, 0.25) is 9.62 Å². The first-order valence-electron chi connectivity index (χ1n) is 2.82. The quantitative estimate of drug-likeness (QED) is 0.433. The van der Waals surface area contributed by atoms with Gasteiger partial charge in [0.05, 0.1) is 0 Å². The Hall–Kier alpha value is -0.822. The van der Waals surface area contributed by atoms with Crippen LogP contribution in [0.25, 0.3) is 0 Å². The van der Waals surface area contributed by atoms with Crippen LogP contribution in [-0.4, -0.2) is 20.4 Å². The van der Waals surface area contributed by atoms with Gasteiger partial charge in [0.2, 0.25) is 0 Å². The first-order chi connectivity index (χ1) is 6.41. The maximum atomic E-state index is 7.50. The van der Waals surface area contributed by atoms with E-state index in [9.17, 15) is 0 Å². The summed E-state index contributed by atoms with van der Waals surface area (Å²) in [6.45, 7) is 20.8. The van der Waals surface area contributed by atoms with E-state index in [-0.39, 0.29) is 18.6 Å². The fourth-order valence-electron chi connectivity index (χ4n) is 0.235. The molecule has 0 saturated heterocycles. The normalized spacial score (nSPS) is 5.23. The van der Waals surface area contributed by atoms with Crippen molar-refractivity contribution >= 4 is 20.4 Å². The Morgan fingerprint density at radius 2 is 1.08 bits per heavy atom. The van der Waals surface area contributed by atoms with Crippen molar-refractivity contribution in [1.82, 2.24) is 0 Å². The molecule has 0 aliphatic rings. The van der Waals surface area contributed by atoms with Gasteiger partial charge in [-0.3, -0.25) is 14.4 Å². The SMILES string of the molecule is C=C[CH2][Mo][CH2]C=C.[C]=O.[C]=O.[C]=O. The maximum Gasteiger partial charge on any atom is 0.281 e. The van der Waals surface area contributed by atoms with Gasteiger partial charge in [-0.2, -0.15) is 0 Å². The van der Waals surface area contributed by atoms with Crippen molar-refractivity contribution in [2.75, 3.05) is 0 Å². The third kappa shape index (κ3) is 93.2. The van der Waals surface area contributed by atoms with Crippen LogP contribution in [-0.2, 0) is 32.9 Å². The van der Waals surface area contributed by atoms with Crippen molar-refractivity contribution < 1.29 is 32.9 Å². The summed E-state index contributed by atoms with van der Waals surface area (Å²) in [7, 11) is 0. The molecule has 0 N–H and O–H groups in total. The van der Waals surface area contributed by atoms with Crippen molar-refractivity contribution in [2.24, 2.45) is 0 Å². The Balaban J connectivity index is -0.0000000573. The molecule has 3 nitrogen and oxygen atoms in total. The van der Waals surface area contributed by atoms with Gasteiger partial charge in [0.25, 0.3) is 20.4 Å². The van der Waals surface area contributed by atoms with Gasteiger partial charge in [-0.15, -0.1) is 0 Å². The van der Waals surface area contributed by atoms with E-state index in [0.29, 0.717) is 0 Å². The van der Waals surface area contributed by atoms with Crippen molar-refractivity contribution in [3.63, 3.8) is 0 Å². The number of allylic oxidation sites excluding steroid dienone is 2. The summed E-state index contributed by atoms with van der Waals surface area (Å²) in [6, 6.07) is 0. The monoisotopic (exact) mass is 264 g/mol. The van der Waals surface area contributed by atoms with E-state index in [1.165, 1.54) is 9.62 Å². The molecule has 0 fully saturated rings. The summed E-state index contributed by atoms with van der Waals surface area (Å²) < 4.78 is 0. The molecule has 0 aromatic heterocycles. The molecule has 0 amide bonds. The van der Waals surface area contributed by atoms with Crippen LogP contribution in [0, 0.1) is 0 Å². The summed E-state index contributed by atoms with van der Waals surface area (Å²) >= 11 is 0.241. The van der Waals surface area contributed by atoms with Gasteiger partial charge in [-0.25, -0.2) is 0 Å². The molecule has 0 bridgehead atoms. The number of carbonyl (C=O) groups excluding carboxylic acids is 3. The molecule has 0 aromatic rings. The zero-order chi connectivity index (χ0) is 11.5. The van der Waals surface area contributed by atoms with E-state index in [4.69, 9.17) is 14.4 Å². The van der Waals surface area contributed by atoms with Crippen molar-refractivity contribution in [2.45, 2.75) is 9.62 Å². The minimum Gasteiger partial charge on any atom is -0.281 e. The van der Waals surface area contributed by atoms with Crippen LogP contribution in [0.5, 0.6) is 0 Å². The van der Waals surface area contributed by atoms with Gasteiger partial charge < -0.3 is 0 Å². The largest absolute Gasteiger partial charge is 0.281 e. The van der Waals surface area contributed by atoms with Gasteiger partial charge in [0.15, 0.2) is 0 Å². The topological polar surface area (TPSA) is 51.2 Å². The molecule has 0 aliphatic heterocycles. The van der Waals surface area contributed by atoms with Crippen LogP contribution in [0.15, 0.2) is 25.3 Å². The Kier molecular flexibility index (Phi) is 116. The molecule has 0 aliphatic carbocycles. The second kappa shape index (κ2) is 66.3. The zero-order valence-electron chi connectivity index (χ0n) is 7.12. The Morgan fingerprint density at radius 1 is 0.846 bits per heavy atom. The first-order valence-corrected chi connectivity index (χ1v) is 5.66. The van der Waals surface area contributed by atoms with Gasteiger partial charge >= 0.3 is 53.5 Å². The summed E-state index contributed by atoms with van der Waals surface area (Å²) in [5.41, 5.74) is 0.